The van der Waals surface area contributed by atoms with Crippen molar-refractivity contribution in [2.24, 2.45) is 5.10 Å². The number of H-pyrrole nitrogens is 1. The molecule has 0 aliphatic heterocycles. The molecule has 6 nitrogen and oxygen atoms in total. The van der Waals surface area contributed by atoms with Crippen LogP contribution in [0.2, 0.25) is 0 Å². The van der Waals surface area contributed by atoms with Crippen molar-refractivity contribution >= 4 is 22.4 Å². The Morgan fingerprint density at radius 3 is 2.67 bits per heavy atom. The lowest BCUT2D eigenvalue weighted by molar-refractivity contribution is 0.0950. The van der Waals surface area contributed by atoms with Crippen molar-refractivity contribution in [2.45, 2.75) is 13.8 Å². The summed E-state index contributed by atoms with van der Waals surface area (Å²) in [7, 11) is 0. The Balaban J connectivity index is 1.49. The maximum absolute atomic E-state index is 12.3. The number of furan rings is 1. The smallest absolute Gasteiger partial charge is 0.291 e. The van der Waals surface area contributed by atoms with Gasteiger partial charge in [0.2, 0.25) is 0 Å². The second kappa shape index (κ2) is 6.92. The summed E-state index contributed by atoms with van der Waals surface area (Å²) in [6.45, 7) is 3.71. The summed E-state index contributed by atoms with van der Waals surface area (Å²) < 4.78 is 5.52. The first kappa shape index (κ1) is 16.8. The van der Waals surface area contributed by atoms with Gasteiger partial charge in [0.15, 0.2) is 11.5 Å². The number of hydrazone groups is 1. The van der Waals surface area contributed by atoms with Gasteiger partial charge < -0.3 is 4.42 Å². The number of nitrogens with zero attached hydrogens (tertiary/aromatic N) is 2. The standard InChI is InChI=1S/C21H18N4O2/c1-13-7-10-20(27-13)18-12-19(24-23-18)21(26)25-22-14(2)16-9-8-15-5-3-4-6-17(15)11-16/h3-12H,1-2H3,(H,23,24)(H,25,26)/b22-14-. The molecule has 0 unspecified atom stereocenters. The number of fused-ring (bicyclic) bond motifs is 1. The summed E-state index contributed by atoms with van der Waals surface area (Å²) in [4.78, 5) is 12.3. The van der Waals surface area contributed by atoms with Crippen LogP contribution in [-0.4, -0.2) is 21.8 Å². The Labute approximate surface area is 155 Å². The molecule has 0 aliphatic rings. The number of aromatic amines is 1. The summed E-state index contributed by atoms with van der Waals surface area (Å²) >= 11 is 0. The van der Waals surface area contributed by atoms with Crippen molar-refractivity contribution in [3.05, 3.63) is 77.7 Å². The van der Waals surface area contributed by atoms with Crippen molar-refractivity contribution in [3.63, 3.8) is 0 Å². The maximum atomic E-state index is 12.3. The first-order valence-electron chi connectivity index (χ1n) is 8.56. The van der Waals surface area contributed by atoms with E-state index in [1.165, 1.54) is 0 Å². The highest BCUT2D eigenvalue weighted by atomic mass is 16.3. The Morgan fingerprint density at radius 2 is 1.89 bits per heavy atom. The monoisotopic (exact) mass is 358 g/mol. The van der Waals surface area contributed by atoms with Crippen LogP contribution in [0.3, 0.4) is 0 Å². The topological polar surface area (TPSA) is 83.3 Å². The van der Waals surface area contributed by atoms with Gasteiger partial charge in [-0.05, 0) is 48.4 Å². The van der Waals surface area contributed by atoms with Crippen molar-refractivity contribution < 1.29 is 9.21 Å². The minimum absolute atomic E-state index is 0.245. The third kappa shape index (κ3) is 3.50. The SMILES string of the molecule is C/C(=N/NC(=O)c1cc(-c2ccc(C)o2)[nH]n1)c1ccc2ccccc2c1. The van der Waals surface area contributed by atoms with E-state index in [9.17, 15) is 4.79 Å². The highest BCUT2D eigenvalue weighted by Crippen LogP contribution is 2.20. The van der Waals surface area contributed by atoms with E-state index < -0.39 is 0 Å². The van der Waals surface area contributed by atoms with Crippen LogP contribution in [0.4, 0.5) is 0 Å². The molecule has 4 aromatic rings. The largest absolute Gasteiger partial charge is 0.460 e. The number of amides is 1. The van der Waals surface area contributed by atoms with Crippen molar-refractivity contribution in [2.75, 3.05) is 0 Å². The van der Waals surface area contributed by atoms with E-state index in [1.54, 1.807) is 6.07 Å². The fourth-order valence-corrected chi connectivity index (χ4v) is 2.81. The van der Waals surface area contributed by atoms with E-state index in [2.05, 4.69) is 26.8 Å². The van der Waals surface area contributed by atoms with Gasteiger partial charge in [0.05, 0.1) is 5.71 Å². The minimum atomic E-state index is -0.388. The molecule has 0 saturated heterocycles. The molecule has 0 atom stereocenters. The van der Waals surface area contributed by atoms with Crippen molar-refractivity contribution in [1.82, 2.24) is 15.6 Å². The zero-order valence-electron chi connectivity index (χ0n) is 15.0. The minimum Gasteiger partial charge on any atom is -0.460 e. The summed E-state index contributed by atoms with van der Waals surface area (Å²) in [5.74, 6) is 1.04. The molecule has 2 aromatic carbocycles. The number of benzene rings is 2. The summed E-state index contributed by atoms with van der Waals surface area (Å²) in [5, 5.41) is 13.3. The van der Waals surface area contributed by atoms with Gasteiger partial charge >= 0.3 is 0 Å². The van der Waals surface area contributed by atoms with E-state index in [4.69, 9.17) is 4.42 Å². The molecule has 27 heavy (non-hydrogen) atoms. The molecule has 2 N–H and O–H groups in total. The van der Waals surface area contributed by atoms with Gasteiger partial charge in [-0.15, -0.1) is 0 Å². The predicted molar refractivity (Wildman–Crippen MR) is 105 cm³/mol. The van der Waals surface area contributed by atoms with Gasteiger partial charge in [0.1, 0.15) is 11.5 Å². The molecule has 0 bridgehead atoms. The average molecular weight is 358 g/mol. The summed E-state index contributed by atoms with van der Waals surface area (Å²) in [6.07, 6.45) is 0. The number of rotatable bonds is 4. The first-order chi connectivity index (χ1) is 13.1. The van der Waals surface area contributed by atoms with Crippen LogP contribution in [0.25, 0.3) is 22.2 Å². The number of carbonyl (C=O) groups is 1. The molecule has 4 rings (SSSR count). The second-order valence-electron chi connectivity index (χ2n) is 6.28. The zero-order chi connectivity index (χ0) is 18.8. The van der Waals surface area contributed by atoms with E-state index in [1.807, 2.05) is 62.4 Å². The Hall–Kier alpha value is -3.67. The highest BCUT2D eigenvalue weighted by Gasteiger charge is 2.13. The molecule has 2 aromatic heterocycles. The fraction of sp³-hybridized carbons (Fsp3) is 0.0952. The molecule has 2 heterocycles. The van der Waals surface area contributed by atoms with E-state index in [0.29, 0.717) is 17.2 Å². The van der Waals surface area contributed by atoms with Crippen LogP contribution in [0.15, 0.2) is 70.2 Å². The molecular formula is C21H18N4O2. The van der Waals surface area contributed by atoms with Gasteiger partial charge in [-0.25, -0.2) is 5.43 Å². The number of aryl methyl sites for hydroxylation is 1. The Kier molecular flexibility index (Phi) is 4.30. The second-order valence-corrected chi connectivity index (χ2v) is 6.28. The third-order valence-corrected chi connectivity index (χ3v) is 4.31. The van der Waals surface area contributed by atoms with Crippen LogP contribution in [0, 0.1) is 6.92 Å². The lowest BCUT2D eigenvalue weighted by atomic mass is 10.0. The van der Waals surface area contributed by atoms with E-state index in [0.717, 1.165) is 22.1 Å². The van der Waals surface area contributed by atoms with Gasteiger partial charge in [0.25, 0.3) is 5.91 Å². The van der Waals surface area contributed by atoms with Crippen LogP contribution in [0.1, 0.15) is 28.7 Å². The molecule has 0 saturated carbocycles. The lowest BCUT2D eigenvalue weighted by Crippen LogP contribution is -2.19. The van der Waals surface area contributed by atoms with Gasteiger partial charge in [-0.3, -0.25) is 9.89 Å². The molecule has 134 valence electrons. The average Bonchev–Trinajstić information content (AvgIpc) is 3.34. The normalized spacial score (nSPS) is 11.7. The Bertz CT molecular complexity index is 1150. The third-order valence-electron chi connectivity index (χ3n) is 4.31. The lowest BCUT2D eigenvalue weighted by Gasteiger charge is -2.04. The van der Waals surface area contributed by atoms with Gasteiger partial charge in [-0.2, -0.15) is 10.2 Å². The van der Waals surface area contributed by atoms with Gasteiger partial charge in [0, 0.05) is 6.07 Å². The van der Waals surface area contributed by atoms with Crippen molar-refractivity contribution in [3.8, 4) is 11.5 Å². The number of aromatic nitrogens is 2. The molecule has 1 amide bonds. The summed E-state index contributed by atoms with van der Waals surface area (Å²) in [6, 6.07) is 19.5. The highest BCUT2D eigenvalue weighted by molar-refractivity contribution is 6.03. The van der Waals surface area contributed by atoms with Gasteiger partial charge in [-0.1, -0.05) is 36.4 Å². The van der Waals surface area contributed by atoms with Crippen LogP contribution in [0.5, 0.6) is 0 Å². The van der Waals surface area contributed by atoms with Crippen LogP contribution < -0.4 is 5.43 Å². The molecule has 0 fully saturated rings. The molecule has 0 spiro atoms. The van der Waals surface area contributed by atoms with Crippen LogP contribution >= 0.6 is 0 Å². The zero-order valence-corrected chi connectivity index (χ0v) is 15.0. The molecule has 6 heteroatoms. The van der Waals surface area contributed by atoms with E-state index >= 15 is 0 Å². The quantitative estimate of drug-likeness (QED) is 0.422. The number of hydrogen-bond donors (Lipinski definition) is 2. The number of carbonyl (C=O) groups excluding carboxylic acids is 1. The van der Waals surface area contributed by atoms with Crippen LogP contribution in [-0.2, 0) is 0 Å². The number of hydrogen-bond acceptors (Lipinski definition) is 4. The Morgan fingerprint density at radius 1 is 1.07 bits per heavy atom. The van der Waals surface area contributed by atoms with Crippen molar-refractivity contribution in [1.29, 1.82) is 0 Å². The molecule has 0 radical (unpaired) electrons. The first-order valence-corrected chi connectivity index (χ1v) is 8.56. The molecule has 0 aliphatic carbocycles. The number of nitrogens with one attached hydrogen (secondary N) is 2. The predicted octanol–water partition coefficient (Wildman–Crippen LogP) is 4.29. The summed E-state index contributed by atoms with van der Waals surface area (Å²) in [5.41, 5.74) is 5.10. The maximum Gasteiger partial charge on any atom is 0.291 e. The van der Waals surface area contributed by atoms with E-state index in [-0.39, 0.29) is 11.6 Å². The fourth-order valence-electron chi connectivity index (χ4n) is 2.81. The molecular weight excluding hydrogens is 340 g/mol.